The Bertz CT molecular complexity index is 922. The molecule has 1 saturated carbocycles. The summed E-state index contributed by atoms with van der Waals surface area (Å²) in [6.45, 7) is 0.767. The highest BCUT2D eigenvalue weighted by Gasteiger charge is 2.31. The number of amides is 2. The number of aromatic carboxylic acids is 1. The first-order valence-corrected chi connectivity index (χ1v) is 8.81. The number of nitrogens with one attached hydrogen (secondary N) is 1. The van der Waals surface area contributed by atoms with E-state index < -0.39 is 11.9 Å². The van der Waals surface area contributed by atoms with Crippen LogP contribution in [0.5, 0.6) is 0 Å². The molecular weight excluding hydrogens is 348 g/mol. The van der Waals surface area contributed by atoms with E-state index in [0.717, 1.165) is 30.2 Å². The van der Waals surface area contributed by atoms with Crippen molar-refractivity contribution >= 4 is 29.2 Å². The molecule has 1 aromatic carbocycles. The molecule has 2 heterocycles. The van der Waals surface area contributed by atoms with Crippen LogP contribution in [0.3, 0.4) is 0 Å². The zero-order valence-electron chi connectivity index (χ0n) is 14.5. The van der Waals surface area contributed by atoms with E-state index in [1.807, 2.05) is 17.0 Å². The lowest BCUT2D eigenvalue weighted by molar-refractivity contribution is -0.119. The van der Waals surface area contributed by atoms with Crippen molar-refractivity contribution in [1.29, 1.82) is 0 Å². The van der Waals surface area contributed by atoms with Crippen molar-refractivity contribution in [2.45, 2.75) is 25.7 Å². The summed E-state index contributed by atoms with van der Waals surface area (Å²) >= 11 is 0. The number of carboxylic acid groups (broad SMARTS) is 1. The number of carbonyl (C=O) groups is 3. The van der Waals surface area contributed by atoms with Crippen molar-refractivity contribution < 1.29 is 19.5 Å². The maximum atomic E-state index is 12.3. The Labute approximate surface area is 155 Å². The van der Waals surface area contributed by atoms with E-state index >= 15 is 0 Å². The third-order valence-electron chi connectivity index (χ3n) is 4.78. The predicted octanol–water partition coefficient (Wildman–Crippen LogP) is 2.12. The number of carboxylic acids is 1. The number of carbonyl (C=O) groups excluding carboxylic acids is 2. The van der Waals surface area contributed by atoms with Crippen molar-refractivity contribution in [2.24, 2.45) is 5.92 Å². The number of hydrogen-bond donors (Lipinski definition) is 2. The second-order valence-electron chi connectivity index (χ2n) is 6.84. The van der Waals surface area contributed by atoms with Crippen molar-refractivity contribution in [1.82, 2.24) is 9.97 Å². The van der Waals surface area contributed by atoms with Gasteiger partial charge in [-0.25, -0.2) is 14.8 Å². The Kier molecular flexibility index (Phi) is 4.31. The number of aromatic nitrogens is 2. The fourth-order valence-corrected chi connectivity index (χ4v) is 3.15. The Morgan fingerprint density at radius 3 is 2.56 bits per heavy atom. The normalized spacial score (nSPS) is 16.0. The van der Waals surface area contributed by atoms with Crippen molar-refractivity contribution in [3.05, 3.63) is 47.5 Å². The van der Waals surface area contributed by atoms with Gasteiger partial charge in [-0.2, -0.15) is 0 Å². The molecule has 0 radical (unpaired) electrons. The molecule has 0 spiro atoms. The zero-order chi connectivity index (χ0) is 19.0. The Hall–Kier alpha value is -3.29. The average molecular weight is 366 g/mol. The van der Waals surface area contributed by atoms with Crippen LogP contribution in [0.4, 0.5) is 11.4 Å². The van der Waals surface area contributed by atoms with E-state index in [0.29, 0.717) is 24.4 Å². The summed E-state index contributed by atoms with van der Waals surface area (Å²) in [5.74, 6) is -0.915. The molecule has 2 N–H and O–H groups in total. The van der Waals surface area contributed by atoms with Gasteiger partial charge in [-0.05, 0) is 48.9 Å². The third kappa shape index (κ3) is 3.64. The van der Waals surface area contributed by atoms with Crippen LogP contribution in [-0.4, -0.2) is 39.4 Å². The minimum Gasteiger partial charge on any atom is -0.476 e. The molecule has 27 heavy (non-hydrogen) atoms. The van der Waals surface area contributed by atoms with E-state index in [1.54, 1.807) is 6.07 Å². The van der Waals surface area contributed by atoms with Crippen molar-refractivity contribution in [2.75, 3.05) is 16.8 Å². The largest absolute Gasteiger partial charge is 0.476 e. The van der Waals surface area contributed by atoms with Gasteiger partial charge < -0.3 is 15.3 Å². The molecule has 138 valence electrons. The van der Waals surface area contributed by atoms with E-state index in [9.17, 15) is 14.4 Å². The van der Waals surface area contributed by atoms with Gasteiger partial charge in [-0.3, -0.25) is 9.59 Å². The first-order chi connectivity index (χ1) is 13.0. The predicted molar refractivity (Wildman–Crippen MR) is 96.8 cm³/mol. The third-order valence-corrected chi connectivity index (χ3v) is 4.78. The van der Waals surface area contributed by atoms with Crippen LogP contribution >= 0.6 is 0 Å². The summed E-state index contributed by atoms with van der Waals surface area (Å²) in [7, 11) is 0. The molecule has 2 amide bonds. The Morgan fingerprint density at radius 2 is 1.89 bits per heavy atom. The Balaban J connectivity index is 1.50. The number of benzene rings is 1. The summed E-state index contributed by atoms with van der Waals surface area (Å²) in [6, 6.07) is 5.50. The fourth-order valence-electron chi connectivity index (χ4n) is 3.15. The molecule has 1 aliphatic carbocycles. The molecule has 2 aliphatic rings. The van der Waals surface area contributed by atoms with Crippen LogP contribution in [0.2, 0.25) is 0 Å². The highest BCUT2D eigenvalue weighted by Crippen LogP contribution is 2.36. The number of fused-ring (bicyclic) bond motifs is 1. The lowest BCUT2D eigenvalue weighted by atomic mass is 10.00. The van der Waals surface area contributed by atoms with Gasteiger partial charge >= 0.3 is 5.97 Å². The molecule has 8 nitrogen and oxygen atoms in total. The van der Waals surface area contributed by atoms with Crippen molar-refractivity contribution in [3.8, 4) is 0 Å². The van der Waals surface area contributed by atoms with Gasteiger partial charge in [-0.1, -0.05) is 0 Å². The maximum Gasteiger partial charge on any atom is 0.356 e. The average Bonchev–Trinajstić information content (AvgIpc) is 3.48. The summed E-state index contributed by atoms with van der Waals surface area (Å²) in [5, 5.41) is 11.6. The van der Waals surface area contributed by atoms with Crippen LogP contribution in [0.1, 0.15) is 45.8 Å². The molecule has 0 saturated heterocycles. The number of nitrogens with zero attached hydrogens (tertiary/aromatic N) is 3. The molecule has 1 fully saturated rings. The van der Waals surface area contributed by atoms with Crippen LogP contribution in [-0.2, 0) is 11.2 Å². The molecule has 1 aromatic heterocycles. The summed E-state index contributed by atoms with van der Waals surface area (Å²) in [6.07, 6.45) is 5.65. The monoisotopic (exact) mass is 366 g/mol. The fraction of sp³-hybridized carbons (Fsp3) is 0.316. The minimum absolute atomic E-state index is 0.0308. The van der Waals surface area contributed by atoms with Crippen LogP contribution in [0.15, 0.2) is 30.6 Å². The van der Waals surface area contributed by atoms with Gasteiger partial charge in [0.05, 0.1) is 12.4 Å². The van der Waals surface area contributed by atoms with E-state index in [2.05, 4.69) is 15.3 Å². The van der Waals surface area contributed by atoms with Crippen molar-refractivity contribution in [3.63, 3.8) is 0 Å². The number of aryl methyl sites for hydroxylation is 1. The van der Waals surface area contributed by atoms with Gasteiger partial charge in [-0.15, -0.1) is 0 Å². The van der Waals surface area contributed by atoms with E-state index in [-0.39, 0.29) is 17.3 Å². The van der Waals surface area contributed by atoms with Crippen LogP contribution in [0, 0.1) is 5.92 Å². The first kappa shape index (κ1) is 17.1. The highest BCUT2D eigenvalue weighted by molar-refractivity contribution is 6.03. The number of rotatable bonds is 5. The summed E-state index contributed by atoms with van der Waals surface area (Å²) in [5.41, 5.74) is 2.36. The SMILES string of the molecule is O=C(O)c1cnc(C(=O)Nc2ccc3c(c2)CCC(=O)N3CC2CC2)cn1. The zero-order valence-corrected chi connectivity index (χ0v) is 14.5. The molecule has 0 bridgehead atoms. The minimum atomic E-state index is -1.20. The van der Waals surface area contributed by atoms with E-state index in [1.165, 1.54) is 12.8 Å². The van der Waals surface area contributed by atoms with Crippen LogP contribution < -0.4 is 10.2 Å². The van der Waals surface area contributed by atoms with Gasteiger partial charge in [0.15, 0.2) is 5.69 Å². The van der Waals surface area contributed by atoms with Gasteiger partial charge in [0.1, 0.15) is 5.69 Å². The second-order valence-corrected chi connectivity index (χ2v) is 6.84. The molecular formula is C19H18N4O4. The molecule has 4 rings (SSSR count). The lowest BCUT2D eigenvalue weighted by Crippen LogP contribution is -2.36. The number of hydrogen-bond acceptors (Lipinski definition) is 5. The van der Waals surface area contributed by atoms with Gasteiger partial charge in [0, 0.05) is 24.3 Å². The van der Waals surface area contributed by atoms with E-state index in [4.69, 9.17) is 5.11 Å². The quantitative estimate of drug-likeness (QED) is 0.838. The number of anilines is 2. The molecule has 8 heteroatoms. The molecule has 2 aromatic rings. The summed E-state index contributed by atoms with van der Waals surface area (Å²) < 4.78 is 0. The summed E-state index contributed by atoms with van der Waals surface area (Å²) in [4.78, 5) is 44.7. The second kappa shape index (κ2) is 6.79. The standard InChI is InChI=1S/C19H18N4O4/c24-17-6-3-12-7-13(4-5-16(12)23(17)10-11-1-2-11)22-18(25)14-8-21-15(9-20-14)19(26)27/h4-5,7-9,11H,1-3,6,10H2,(H,22,25)(H,26,27). The van der Waals surface area contributed by atoms with Gasteiger partial charge in [0.2, 0.25) is 5.91 Å². The maximum absolute atomic E-state index is 12.3. The lowest BCUT2D eigenvalue weighted by Gasteiger charge is -2.30. The smallest absolute Gasteiger partial charge is 0.356 e. The van der Waals surface area contributed by atoms with Crippen LogP contribution in [0.25, 0.3) is 0 Å². The molecule has 1 aliphatic heterocycles. The Morgan fingerprint density at radius 1 is 1.15 bits per heavy atom. The molecule has 0 unspecified atom stereocenters. The highest BCUT2D eigenvalue weighted by atomic mass is 16.4. The first-order valence-electron chi connectivity index (χ1n) is 8.81. The topological polar surface area (TPSA) is 112 Å². The van der Waals surface area contributed by atoms with Gasteiger partial charge in [0.25, 0.3) is 5.91 Å². The molecule has 0 atom stereocenters.